The molecule has 0 saturated carbocycles. The Morgan fingerprint density at radius 3 is 2.68 bits per heavy atom. The molecule has 3 aromatic rings. The Hall–Kier alpha value is -2.67. The SMILES string of the molecule is O=C(Cc1csc(Cc2ccccc2)c1)C(=O)c1nn[nH]n1. The predicted octanol–water partition coefficient (Wildman–Crippen LogP) is 1.85. The van der Waals surface area contributed by atoms with Gasteiger partial charge in [-0.3, -0.25) is 9.59 Å². The summed E-state index contributed by atoms with van der Waals surface area (Å²) in [5.41, 5.74) is 2.04. The van der Waals surface area contributed by atoms with Gasteiger partial charge < -0.3 is 0 Å². The first-order chi connectivity index (χ1) is 10.7. The van der Waals surface area contributed by atoms with Gasteiger partial charge in [-0.15, -0.1) is 21.5 Å². The minimum absolute atomic E-state index is 0.0542. The highest BCUT2D eigenvalue weighted by Gasteiger charge is 2.21. The number of benzene rings is 1. The third-order valence-corrected chi connectivity index (χ3v) is 4.08. The summed E-state index contributed by atoms with van der Waals surface area (Å²) >= 11 is 1.58. The van der Waals surface area contributed by atoms with Gasteiger partial charge in [0, 0.05) is 17.7 Å². The number of nitrogens with one attached hydrogen (secondary N) is 1. The molecule has 0 aliphatic rings. The molecule has 0 amide bonds. The van der Waals surface area contributed by atoms with Gasteiger partial charge in [-0.05, 0) is 27.8 Å². The number of ketones is 2. The molecule has 0 aliphatic carbocycles. The van der Waals surface area contributed by atoms with Crippen molar-refractivity contribution in [1.82, 2.24) is 20.6 Å². The third kappa shape index (κ3) is 3.32. The molecule has 2 heterocycles. The van der Waals surface area contributed by atoms with Crippen LogP contribution in [-0.4, -0.2) is 32.2 Å². The highest BCUT2D eigenvalue weighted by atomic mass is 32.1. The monoisotopic (exact) mass is 312 g/mol. The van der Waals surface area contributed by atoms with Crippen molar-refractivity contribution in [2.75, 3.05) is 0 Å². The molecule has 7 heteroatoms. The van der Waals surface area contributed by atoms with Crippen LogP contribution in [0.3, 0.4) is 0 Å². The minimum atomic E-state index is -0.718. The first kappa shape index (κ1) is 14.3. The normalized spacial score (nSPS) is 10.5. The molecule has 0 unspecified atom stereocenters. The maximum atomic E-state index is 11.9. The van der Waals surface area contributed by atoms with Gasteiger partial charge >= 0.3 is 0 Å². The number of rotatable bonds is 6. The molecule has 110 valence electrons. The van der Waals surface area contributed by atoms with Gasteiger partial charge in [-0.1, -0.05) is 30.3 Å². The lowest BCUT2D eigenvalue weighted by molar-refractivity contribution is -0.114. The third-order valence-electron chi connectivity index (χ3n) is 3.10. The maximum absolute atomic E-state index is 11.9. The van der Waals surface area contributed by atoms with E-state index < -0.39 is 11.6 Å². The van der Waals surface area contributed by atoms with Crippen molar-refractivity contribution in [3.8, 4) is 0 Å². The lowest BCUT2D eigenvalue weighted by Gasteiger charge is -1.97. The van der Waals surface area contributed by atoms with Crippen LogP contribution >= 0.6 is 11.3 Å². The molecule has 1 N–H and O–H groups in total. The van der Waals surface area contributed by atoms with E-state index in [4.69, 9.17) is 0 Å². The lowest BCUT2D eigenvalue weighted by Crippen LogP contribution is -2.17. The van der Waals surface area contributed by atoms with Gasteiger partial charge in [0.15, 0.2) is 0 Å². The topological polar surface area (TPSA) is 88.6 Å². The first-order valence-corrected chi connectivity index (χ1v) is 7.51. The van der Waals surface area contributed by atoms with E-state index in [2.05, 4.69) is 32.8 Å². The van der Waals surface area contributed by atoms with E-state index in [1.807, 2.05) is 29.6 Å². The Labute approximate surface area is 130 Å². The Morgan fingerprint density at radius 1 is 1.14 bits per heavy atom. The van der Waals surface area contributed by atoms with E-state index in [0.717, 1.165) is 16.9 Å². The fourth-order valence-corrected chi connectivity index (χ4v) is 2.98. The standard InChI is InChI=1S/C15H12N4O2S/c20-13(14(21)15-16-18-19-17-15)8-11-7-12(22-9-11)6-10-4-2-1-3-5-10/h1-5,7,9H,6,8H2,(H,16,17,18,19). The van der Waals surface area contributed by atoms with Crippen LogP contribution in [0.15, 0.2) is 41.8 Å². The largest absolute Gasteiger partial charge is 0.290 e. The van der Waals surface area contributed by atoms with Crippen molar-refractivity contribution in [2.45, 2.75) is 12.8 Å². The Morgan fingerprint density at radius 2 is 1.95 bits per heavy atom. The van der Waals surface area contributed by atoms with Crippen molar-refractivity contribution in [1.29, 1.82) is 0 Å². The number of thiophene rings is 1. The molecule has 6 nitrogen and oxygen atoms in total. The van der Waals surface area contributed by atoms with Crippen LogP contribution in [0.5, 0.6) is 0 Å². The van der Waals surface area contributed by atoms with E-state index in [9.17, 15) is 9.59 Å². The number of carbonyl (C=O) groups is 2. The molecule has 22 heavy (non-hydrogen) atoms. The molecule has 0 spiro atoms. The van der Waals surface area contributed by atoms with E-state index >= 15 is 0 Å². The predicted molar refractivity (Wildman–Crippen MR) is 80.8 cm³/mol. The highest BCUT2D eigenvalue weighted by molar-refractivity contribution is 7.10. The van der Waals surface area contributed by atoms with E-state index in [1.165, 1.54) is 5.56 Å². The summed E-state index contributed by atoms with van der Waals surface area (Å²) in [6, 6.07) is 12.0. The fourth-order valence-electron chi connectivity index (χ4n) is 2.06. The van der Waals surface area contributed by atoms with Gasteiger partial charge in [0.05, 0.1) is 0 Å². The summed E-state index contributed by atoms with van der Waals surface area (Å²) in [6.07, 6.45) is 0.872. The number of tetrazole rings is 1. The highest BCUT2D eigenvalue weighted by Crippen LogP contribution is 2.19. The molecule has 2 aromatic heterocycles. The molecule has 0 fully saturated rings. The fraction of sp³-hybridized carbons (Fsp3) is 0.133. The number of hydrogen-bond acceptors (Lipinski definition) is 6. The summed E-state index contributed by atoms with van der Waals surface area (Å²) in [4.78, 5) is 24.8. The Balaban J connectivity index is 1.64. The number of carbonyl (C=O) groups excluding carboxylic acids is 2. The van der Waals surface area contributed by atoms with Crippen molar-refractivity contribution in [3.63, 3.8) is 0 Å². The van der Waals surface area contributed by atoms with Gasteiger partial charge in [0.1, 0.15) is 0 Å². The van der Waals surface area contributed by atoms with Crippen LogP contribution in [-0.2, 0) is 17.6 Å². The number of aromatic amines is 1. The van der Waals surface area contributed by atoms with E-state index in [-0.39, 0.29) is 12.2 Å². The molecule has 0 bridgehead atoms. The van der Waals surface area contributed by atoms with Crippen molar-refractivity contribution < 1.29 is 9.59 Å². The van der Waals surface area contributed by atoms with Crippen LogP contribution in [0.25, 0.3) is 0 Å². The number of aromatic nitrogens is 4. The first-order valence-electron chi connectivity index (χ1n) is 6.63. The van der Waals surface area contributed by atoms with Crippen molar-refractivity contribution >= 4 is 22.9 Å². The minimum Gasteiger partial charge on any atom is -0.290 e. The van der Waals surface area contributed by atoms with Gasteiger partial charge in [-0.2, -0.15) is 5.21 Å². The summed E-state index contributed by atoms with van der Waals surface area (Å²) in [5.74, 6) is -1.44. The second-order valence-electron chi connectivity index (χ2n) is 4.75. The second-order valence-corrected chi connectivity index (χ2v) is 5.74. The number of Topliss-reactive ketones (excluding diaryl/α,β-unsaturated/α-hetero) is 2. The molecular formula is C15H12N4O2S. The second kappa shape index (κ2) is 6.40. The molecule has 0 aliphatic heterocycles. The lowest BCUT2D eigenvalue weighted by atomic mass is 10.1. The number of hydrogen-bond donors (Lipinski definition) is 1. The average Bonchev–Trinajstić information content (AvgIpc) is 3.19. The van der Waals surface area contributed by atoms with Crippen LogP contribution in [0, 0.1) is 0 Å². The van der Waals surface area contributed by atoms with Crippen molar-refractivity contribution in [2.24, 2.45) is 0 Å². The van der Waals surface area contributed by atoms with Crippen LogP contribution in [0.2, 0.25) is 0 Å². The summed E-state index contributed by atoms with van der Waals surface area (Å²) in [5, 5.41) is 14.4. The molecular weight excluding hydrogens is 300 g/mol. The van der Waals surface area contributed by atoms with E-state index in [1.54, 1.807) is 11.3 Å². The van der Waals surface area contributed by atoms with Crippen molar-refractivity contribution in [3.05, 3.63) is 63.6 Å². The molecule has 0 atom stereocenters. The van der Waals surface area contributed by atoms with Crippen LogP contribution < -0.4 is 0 Å². The quantitative estimate of drug-likeness (QED) is 0.554. The average molecular weight is 312 g/mol. The van der Waals surface area contributed by atoms with Gasteiger partial charge in [0.2, 0.25) is 11.6 Å². The van der Waals surface area contributed by atoms with Crippen LogP contribution in [0.4, 0.5) is 0 Å². The maximum Gasteiger partial charge on any atom is 0.269 e. The van der Waals surface area contributed by atoms with E-state index in [0.29, 0.717) is 0 Å². The number of nitrogens with zero attached hydrogens (tertiary/aromatic N) is 3. The van der Waals surface area contributed by atoms with Crippen LogP contribution in [0.1, 0.15) is 26.6 Å². The Kier molecular flexibility index (Phi) is 4.15. The smallest absolute Gasteiger partial charge is 0.269 e. The zero-order valence-corrected chi connectivity index (χ0v) is 12.3. The molecule has 0 saturated heterocycles. The van der Waals surface area contributed by atoms with Gasteiger partial charge in [-0.25, -0.2) is 0 Å². The summed E-state index contributed by atoms with van der Waals surface area (Å²) < 4.78 is 0. The zero-order chi connectivity index (χ0) is 15.4. The summed E-state index contributed by atoms with van der Waals surface area (Å²) in [7, 11) is 0. The Bertz CT molecular complexity index is 781. The summed E-state index contributed by atoms with van der Waals surface area (Å²) in [6.45, 7) is 0. The van der Waals surface area contributed by atoms with Gasteiger partial charge in [0.25, 0.3) is 5.78 Å². The molecule has 0 radical (unpaired) electrons. The number of H-pyrrole nitrogens is 1. The molecule has 1 aromatic carbocycles. The zero-order valence-electron chi connectivity index (χ0n) is 11.5. The molecule has 3 rings (SSSR count).